The van der Waals surface area contributed by atoms with E-state index in [1.807, 2.05) is 44.4 Å². The van der Waals surface area contributed by atoms with Gasteiger partial charge in [-0.2, -0.15) is 0 Å². The van der Waals surface area contributed by atoms with Gasteiger partial charge in [0.25, 0.3) is 0 Å². The van der Waals surface area contributed by atoms with Crippen LogP contribution in [0.2, 0.25) is 0 Å². The molecule has 3 atom stereocenters. The molecule has 1 rings (SSSR count). The monoisotopic (exact) mass is 355 g/mol. The molecule has 4 heteroatoms. The van der Waals surface area contributed by atoms with Crippen molar-refractivity contribution < 1.29 is 9.53 Å². The highest BCUT2D eigenvalue weighted by Gasteiger charge is 2.27. The number of hydrogen-bond donors (Lipinski definition) is 0. The Hall–Kier alpha value is -0.870. The quantitative estimate of drug-likeness (QED) is 0.517. The van der Waals surface area contributed by atoms with Crippen LogP contribution in [0, 0.1) is 0 Å². The predicted molar refractivity (Wildman–Crippen MR) is 90.7 cm³/mol. The zero-order valence-electron chi connectivity index (χ0n) is 13.4. The predicted octanol–water partition coefficient (Wildman–Crippen LogP) is 4.17. The van der Waals surface area contributed by atoms with Crippen LogP contribution in [0.25, 0.3) is 0 Å². The van der Waals surface area contributed by atoms with Crippen LogP contribution in [0.3, 0.4) is 0 Å². The zero-order chi connectivity index (χ0) is 15.8. The first-order valence-electron chi connectivity index (χ1n) is 7.53. The van der Waals surface area contributed by atoms with Crippen molar-refractivity contribution in [3.05, 3.63) is 35.9 Å². The third-order valence-electron chi connectivity index (χ3n) is 3.69. The minimum atomic E-state index is -0.254. The highest BCUT2D eigenvalue weighted by molar-refractivity contribution is 9.10. The fourth-order valence-corrected chi connectivity index (χ4v) is 2.49. The van der Waals surface area contributed by atoms with Gasteiger partial charge in [0.2, 0.25) is 0 Å². The normalized spacial score (nSPS) is 15.5. The molecule has 0 spiro atoms. The lowest BCUT2D eigenvalue weighted by atomic mass is 10.0. The van der Waals surface area contributed by atoms with E-state index in [1.165, 1.54) is 0 Å². The Labute approximate surface area is 136 Å². The van der Waals surface area contributed by atoms with Crippen molar-refractivity contribution in [1.82, 2.24) is 4.90 Å². The highest BCUT2D eigenvalue weighted by Crippen LogP contribution is 2.26. The number of halogens is 1. The SMILES string of the molecule is CCCC[C@@H](Br)C(=O)OC(c1ccccc1)[C@H](C)N(C)C. The molecular formula is C17H26BrNO2. The standard InChI is InChI=1S/C17H26BrNO2/c1-5-6-12-15(18)17(20)21-16(13(2)19(3)4)14-10-8-7-9-11-14/h7-11,13,15-16H,5-6,12H2,1-4H3/t13-,15+,16?/m0/s1. The van der Waals surface area contributed by atoms with Crippen molar-refractivity contribution in [2.75, 3.05) is 14.1 Å². The molecule has 0 N–H and O–H groups in total. The number of hydrogen-bond acceptors (Lipinski definition) is 3. The molecule has 0 aliphatic rings. The summed E-state index contributed by atoms with van der Waals surface area (Å²) in [7, 11) is 3.99. The summed E-state index contributed by atoms with van der Waals surface area (Å²) in [5.41, 5.74) is 1.03. The molecule has 0 fully saturated rings. The first kappa shape index (κ1) is 18.2. The summed E-state index contributed by atoms with van der Waals surface area (Å²) in [6.45, 7) is 4.19. The fraction of sp³-hybridized carbons (Fsp3) is 0.588. The lowest BCUT2D eigenvalue weighted by Crippen LogP contribution is -2.35. The van der Waals surface area contributed by atoms with Crippen molar-refractivity contribution in [2.45, 2.75) is 50.1 Å². The lowest BCUT2D eigenvalue weighted by molar-refractivity contribution is -0.151. The average molecular weight is 356 g/mol. The summed E-state index contributed by atoms with van der Waals surface area (Å²) in [4.78, 5) is 14.1. The molecule has 1 aromatic rings. The maximum atomic E-state index is 12.3. The number of esters is 1. The fourth-order valence-electron chi connectivity index (χ4n) is 2.06. The number of ether oxygens (including phenoxy) is 1. The summed E-state index contributed by atoms with van der Waals surface area (Å²) in [6, 6.07) is 10.0. The molecule has 0 saturated heterocycles. The summed E-state index contributed by atoms with van der Waals surface area (Å²) in [6.07, 6.45) is 2.65. The molecule has 1 unspecified atom stereocenters. The van der Waals surface area contributed by atoms with Gasteiger partial charge >= 0.3 is 5.97 Å². The van der Waals surface area contributed by atoms with Gasteiger partial charge in [-0.3, -0.25) is 4.79 Å². The molecule has 0 radical (unpaired) electrons. The number of likely N-dealkylation sites (N-methyl/N-ethyl adjacent to an activating group) is 1. The summed E-state index contributed by atoms with van der Waals surface area (Å²) >= 11 is 3.44. The van der Waals surface area contributed by atoms with Crippen LogP contribution in [0.5, 0.6) is 0 Å². The van der Waals surface area contributed by atoms with Gasteiger partial charge in [-0.1, -0.05) is 66.0 Å². The molecule has 0 amide bonds. The molecule has 0 heterocycles. The molecule has 0 aliphatic heterocycles. The number of alkyl halides is 1. The van der Waals surface area contributed by atoms with E-state index in [4.69, 9.17) is 4.74 Å². The van der Waals surface area contributed by atoms with Crippen molar-refractivity contribution in [3.63, 3.8) is 0 Å². The van der Waals surface area contributed by atoms with Crippen LogP contribution in [0.4, 0.5) is 0 Å². The second kappa shape index (κ2) is 9.21. The molecule has 3 nitrogen and oxygen atoms in total. The van der Waals surface area contributed by atoms with Gasteiger partial charge in [-0.25, -0.2) is 0 Å². The molecule has 0 aromatic heterocycles. The van der Waals surface area contributed by atoms with Crippen LogP contribution in [0.1, 0.15) is 44.8 Å². The van der Waals surface area contributed by atoms with Gasteiger partial charge in [0.1, 0.15) is 10.9 Å². The molecular weight excluding hydrogens is 330 g/mol. The lowest BCUT2D eigenvalue weighted by Gasteiger charge is -2.30. The minimum absolute atomic E-state index is 0.113. The van der Waals surface area contributed by atoms with E-state index in [1.54, 1.807) is 0 Å². The van der Waals surface area contributed by atoms with Crippen LogP contribution >= 0.6 is 15.9 Å². The molecule has 0 aliphatic carbocycles. The maximum Gasteiger partial charge on any atom is 0.320 e. The topological polar surface area (TPSA) is 29.5 Å². The largest absolute Gasteiger partial charge is 0.455 e. The zero-order valence-corrected chi connectivity index (χ0v) is 15.0. The van der Waals surface area contributed by atoms with Crippen molar-refractivity contribution in [3.8, 4) is 0 Å². The third-order valence-corrected chi connectivity index (χ3v) is 4.52. The Kier molecular flexibility index (Phi) is 7.97. The molecule has 118 valence electrons. The van der Waals surface area contributed by atoms with E-state index in [0.29, 0.717) is 0 Å². The average Bonchev–Trinajstić information content (AvgIpc) is 2.49. The van der Waals surface area contributed by atoms with E-state index in [0.717, 1.165) is 24.8 Å². The van der Waals surface area contributed by atoms with Crippen molar-refractivity contribution in [1.29, 1.82) is 0 Å². The van der Waals surface area contributed by atoms with E-state index in [2.05, 4.69) is 34.7 Å². The van der Waals surface area contributed by atoms with E-state index in [9.17, 15) is 4.79 Å². The smallest absolute Gasteiger partial charge is 0.320 e. The summed E-state index contributed by atoms with van der Waals surface area (Å²) in [5.74, 6) is -0.175. The second-order valence-corrected chi connectivity index (χ2v) is 6.69. The van der Waals surface area contributed by atoms with E-state index < -0.39 is 0 Å². The van der Waals surface area contributed by atoms with E-state index >= 15 is 0 Å². The second-order valence-electron chi connectivity index (χ2n) is 5.58. The van der Waals surface area contributed by atoms with E-state index in [-0.39, 0.29) is 22.9 Å². The molecule has 0 bridgehead atoms. The minimum Gasteiger partial charge on any atom is -0.455 e. The number of carbonyl (C=O) groups is 1. The number of carbonyl (C=O) groups excluding carboxylic acids is 1. The number of rotatable bonds is 8. The van der Waals surface area contributed by atoms with Crippen molar-refractivity contribution >= 4 is 21.9 Å². The Morgan fingerprint density at radius 2 is 1.90 bits per heavy atom. The Bertz CT molecular complexity index is 422. The number of unbranched alkanes of at least 4 members (excludes halogenated alkanes) is 1. The van der Waals surface area contributed by atoms with Crippen molar-refractivity contribution in [2.24, 2.45) is 0 Å². The first-order chi connectivity index (χ1) is 9.97. The number of nitrogens with zero attached hydrogens (tertiary/aromatic N) is 1. The Morgan fingerprint density at radius 1 is 1.29 bits per heavy atom. The molecule has 1 aromatic carbocycles. The van der Waals surface area contributed by atoms with Crippen LogP contribution < -0.4 is 0 Å². The summed E-state index contributed by atoms with van der Waals surface area (Å²) in [5, 5.41) is 0. The summed E-state index contributed by atoms with van der Waals surface area (Å²) < 4.78 is 5.79. The third kappa shape index (κ3) is 5.79. The molecule has 21 heavy (non-hydrogen) atoms. The van der Waals surface area contributed by atoms with Crippen LogP contribution in [-0.2, 0) is 9.53 Å². The highest BCUT2D eigenvalue weighted by atomic mass is 79.9. The van der Waals surface area contributed by atoms with Gasteiger partial charge in [-0.05, 0) is 33.0 Å². The first-order valence-corrected chi connectivity index (χ1v) is 8.44. The molecule has 0 saturated carbocycles. The Balaban J connectivity index is 2.81. The van der Waals surface area contributed by atoms with Gasteiger partial charge in [0.05, 0.1) is 0 Å². The maximum absolute atomic E-state index is 12.3. The van der Waals surface area contributed by atoms with Crippen LogP contribution in [0.15, 0.2) is 30.3 Å². The van der Waals surface area contributed by atoms with Gasteiger partial charge in [0.15, 0.2) is 0 Å². The Morgan fingerprint density at radius 3 is 2.43 bits per heavy atom. The van der Waals surface area contributed by atoms with Crippen LogP contribution in [-0.4, -0.2) is 35.8 Å². The number of benzene rings is 1. The van der Waals surface area contributed by atoms with Gasteiger partial charge in [-0.15, -0.1) is 0 Å². The van der Waals surface area contributed by atoms with Gasteiger partial charge < -0.3 is 9.64 Å². The van der Waals surface area contributed by atoms with Gasteiger partial charge in [0, 0.05) is 6.04 Å².